The standard InChI is InChI=1S/C17H23N3OS/c1-12(2)16-19-15(11-22-16)9-18-17(21)20(4)10-14-8-6-5-7-13(14)3/h5-8,11-12H,9-10H2,1-4H3,(H,18,21). The second-order valence-corrected chi connectivity index (χ2v) is 6.66. The summed E-state index contributed by atoms with van der Waals surface area (Å²) in [4.78, 5) is 18.4. The van der Waals surface area contributed by atoms with Gasteiger partial charge in [-0.25, -0.2) is 9.78 Å². The summed E-state index contributed by atoms with van der Waals surface area (Å²) in [6.07, 6.45) is 0. The number of carbonyl (C=O) groups is 1. The predicted molar refractivity (Wildman–Crippen MR) is 91.1 cm³/mol. The molecule has 0 atom stereocenters. The largest absolute Gasteiger partial charge is 0.332 e. The average Bonchev–Trinajstić information content (AvgIpc) is 2.96. The van der Waals surface area contributed by atoms with Crippen molar-refractivity contribution in [3.8, 4) is 0 Å². The molecule has 2 aromatic rings. The molecule has 0 spiro atoms. The van der Waals surface area contributed by atoms with E-state index in [1.54, 1.807) is 16.2 Å². The fourth-order valence-corrected chi connectivity index (χ4v) is 2.92. The van der Waals surface area contributed by atoms with Crippen LogP contribution in [-0.2, 0) is 13.1 Å². The van der Waals surface area contributed by atoms with E-state index in [2.05, 4.69) is 43.2 Å². The Bertz CT molecular complexity index is 636. The van der Waals surface area contributed by atoms with Gasteiger partial charge in [0.15, 0.2) is 0 Å². The first-order chi connectivity index (χ1) is 10.5. The van der Waals surface area contributed by atoms with E-state index in [9.17, 15) is 4.79 Å². The van der Waals surface area contributed by atoms with Crippen molar-refractivity contribution in [3.63, 3.8) is 0 Å². The van der Waals surface area contributed by atoms with Crippen molar-refractivity contribution in [2.45, 2.75) is 39.8 Å². The molecule has 2 rings (SSSR count). The summed E-state index contributed by atoms with van der Waals surface area (Å²) in [5.74, 6) is 0.429. The lowest BCUT2D eigenvalue weighted by atomic mass is 10.1. The Morgan fingerprint density at radius 3 is 2.73 bits per heavy atom. The van der Waals surface area contributed by atoms with Crippen molar-refractivity contribution in [2.75, 3.05) is 7.05 Å². The number of carbonyl (C=O) groups excluding carboxylic acids is 1. The molecule has 0 aliphatic rings. The first-order valence-electron chi connectivity index (χ1n) is 7.45. The molecule has 0 radical (unpaired) electrons. The van der Waals surface area contributed by atoms with Gasteiger partial charge in [-0.1, -0.05) is 38.1 Å². The Balaban J connectivity index is 1.87. The number of nitrogens with zero attached hydrogens (tertiary/aromatic N) is 2. The van der Waals surface area contributed by atoms with Gasteiger partial charge in [0.25, 0.3) is 0 Å². The topological polar surface area (TPSA) is 45.2 Å². The summed E-state index contributed by atoms with van der Waals surface area (Å²) in [6.45, 7) is 7.38. The number of nitrogens with one attached hydrogen (secondary N) is 1. The summed E-state index contributed by atoms with van der Waals surface area (Å²) < 4.78 is 0. The van der Waals surface area contributed by atoms with Crippen LogP contribution in [0.3, 0.4) is 0 Å². The lowest BCUT2D eigenvalue weighted by Crippen LogP contribution is -2.36. The zero-order chi connectivity index (χ0) is 16.1. The highest BCUT2D eigenvalue weighted by Gasteiger charge is 2.11. The van der Waals surface area contributed by atoms with Gasteiger partial charge in [-0.15, -0.1) is 11.3 Å². The van der Waals surface area contributed by atoms with Crippen LogP contribution in [0.2, 0.25) is 0 Å². The minimum atomic E-state index is -0.0812. The van der Waals surface area contributed by atoms with Gasteiger partial charge in [-0.3, -0.25) is 0 Å². The molecule has 0 saturated heterocycles. The number of urea groups is 1. The minimum Gasteiger partial charge on any atom is -0.332 e. The SMILES string of the molecule is Cc1ccccc1CN(C)C(=O)NCc1csc(C(C)C)n1. The fraction of sp³-hybridized carbons (Fsp3) is 0.412. The number of aromatic nitrogens is 1. The van der Waals surface area contributed by atoms with Gasteiger partial charge in [0.2, 0.25) is 0 Å². The van der Waals surface area contributed by atoms with Crippen LogP contribution in [-0.4, -0.2) is 23.0 Å². The fourth-order valence-electron chi connectivity index (χ4n) is 2.08. The Kier molecular flexibility index (Phi) is 5.55. The highest BCUT2D eigenvalue weighted by molar-refractivity contribution is 7.09. The van der Waals surface area contributed by atoms with E-state index in [1.165, 1.54) is 5.56 Å². The predicted octanol–water partition coefficient (Wildman–Crippen LogP) is 3.92. The van der Waals surface area contributed by atoms with Gasteiger partial charge in [0.05, 0.1) is 17.2 Å². The molecule has 1 aromatic heterocycles. The molecule has 0 fully saturated rings. The first-order valence-corrected chi connectivity index (χ1v) is 8.33. The molecule has 0 bridgehead atoms. The van der Waals surface area contributed by atoms with E-state index < -0.39 is 0 Å². The van der Waals surface area contributed by atoms with Crippen molar-refractivity contribution >= 4 is 17.4 Å². The van der Waals surface area contributed by atoms with E-state index >= 15 is 0 Å². The van der Waals surface area contributed by atoms with Crippen molar-refractivity contribution in [2.24, 2.45) is 0 Å². The molecular formula is C17H23N3OS. The number of hydrogen-bond acceptors (Lipinski definition) is 3. The van der Waals surface area contributed by atoms with Crippen molar-refractivity contribution < 1.29 is 4.79 Å². The van der Waals surface area contributed by atoms with Gasteiger partial charge < -0.3 is 10.2 Å². The molecule has 118 valence electrons. The summed E-state index contributed by atoms with van der Waals surface area (Å²) in [6, 6.07) is 8.03. The number of aryl methyl sites for hydroxylation is 1. The molecule has 1 heterocycles. The van der Waals surface area contributed by atoms with Gasteiger partial charge >= 0.3 is 6.03 Å². The molecule has 2 amide bonds. The Labute approximate surface area is 136 Å². The molecule has 0 unspecified atom stereocenters. The molecule has 22 heavy (non-hydrogen) atoms. The van der Waals surface area contributed by atoms with Crippen LogP contribution in [0.4, 0.5) is 4.79 Å². The number of benzene rings is 1. The van der Waals surface area contributed by atoms with Gasteiger partial charge in [0, 0.05) is 24.9 Å². The number of amides is 2. The average molecular weight is 317 g/mol. The third kappa shape index (κ3) is 4.31. The zero-order valence-corrected chi connectivity index (χ0v) is 14.4. The van der Waals surface area contributed by atoms with Crippen LogP contribution >= 0.6 is 11.3 Å². The quantitative estimate of drug-likeness (QED) is 0.908. The van der Waals surface area contributed by atoms with Crippen LogP contribution < -0.4 is 5.32 Å². The lowest BCUT2D eigenvalue weighted by Gasteiger charge is -2.18. The van der Waals surface area contributed by atoms with Gasteiger partial charge in [-0.05, 0) is 18.1 Å². The van der Waals surface area contributed by atoms with E-state index in [0.717, 1.165) is 16.3 Å². The summed E-state index contributed by atoms with van der Waals surface area (Å²) in [5.41, 5.74) is 3.28. The highest BCUT2D eigenvalue weighted by Crippen LogP contribution is 2.19. The maximum absolute atomic E-state index is 12.2. The zero-order valence-electron chi connectivity index (χ0n) is 13.6. The normalized spacial score (nSPS) is 10.8. The lowest BCUT2D eigenvalue weighted by molar-refractivity contribution is 0.206. The van der Waals surface area contributed by atoms with Crippen molar-refractivity contribution in [1.29, 1.82) is 0 Å². The number of rotatable bonds is 5. The molecule has 1 aromatic carbocycles. The van der Waals surface area contributed by atoms with Crippen molar-refractivity contribution in [3.05, 3.63) is 51.5 Å². The maximum atomic E-state index is 12.2. The summed E-state index contributed by atoms with van der Waals surface area (Å²) in [5, 5.41) is 6.04. The maximum Gasteiger partial charge on any atom is 0.317 e. The second-order valence-electron chi connectivity index (χ2n) is 5.77. The third-order valence-electron chi connectivity index (χ3n) is 3.50. The van der Waals surface area contributed by atoms with E-state index in [0.29, 0.717) is 19.0 Å². The highest BCUT2D eigenvalue weighted by atomic mass is 32.1. The van der Waals surface area contributed by atoms with Crippen LogP contribution in [0.1, 0.15) is 41.6 Å². The molecule has 0 aliphatic carbocycles. The smallest absolute Gasteiger partial charge is 0.317 e. The Morgan fingerprint density at radius 2 is 2.09 bits per heavy atom. The summed E-state index contributed by atoms with van der Waals surface area (Å²) in [7, 11) is 1.81. The Morgan fingerprint density at radius 1 is 1.36 bits per heavy atom. The van der Waals surface area contributed by atoms with Crippen LogP contribution in [0.25, 0.3) is 0 Å². The van der Waals surface area contributed by atoms with Gasteiger partial charge in [0.1, 0.15) is 0 Å². The minimum absolute atomic E-state index is 0.0812. The first kappa shape index (κ1) is 16.5. The van der Waals surface area contributed by atoms with Crippen LogP contribution in [0, 0.1) is 6.92 Å². The van der Waals surface area contributed by atoms with E-state index in [4.69, 9.17) is 0 Å². The molecule has 1 N–H and O–H groups in total. The third-order valence-corrected chi connectivity index (χ3v) is 4.69. The molecular weight excluding hydrogens is 294 g/mol. The monoisotopic (exact) mass is 317 g/mol. The molecule has 5 heteroatoms. The number of thiazole rings is 1. The number of hydrogen-bond donors (Lipinski definition) is 1. The van der Waals surface area contributed by atoms with E-state index in [1.807, 2.05) is 24.6 Å². The van der Waals surface area contributed by atoms with Crippen LogP contribution in [0.15, 0.2) is 29.6 Å². The van der Waals surface area contributed by atoms with Crippen LogP contribution in [0.5, 0.6) is 0 Å². The van der Waals surface area contributed by atoms with E-state index in [-0.39, 0.29) is 6.03 Å². The summed E-state index contributed by atoms with van der Waals surface area (Å²) >= 11 is 1.65. The molecule has 4 nitrogen and oxygen atoms in total. The second kappa shape index (κ2) is 7.40. The van der Waals surface area contributed by atoms with Gasteiger partial charge in [-0.2, -0.15) is 0 Å². The molecule has 0 aliphatic heterocycles. The Hall–Kier alpha value is -1.88. The molecule has 0 saturated carbocycles. The van der Waals surface area contributed by atoms with Crippen molar-refractivity contribution in [1.82, 2.24) is 15.2 Å².